The van der Waals surface area contributed by atoms with Crippen LogP contribution in [0, 0.1) is 0 Å². The first kappa shape index (κ1) is 16.4. The van der Waals surface area contributed by atoms with Crippen molar-refractivity contribution in [3.8, 4) is 0 Å². The van der Waals surface area contributed by atoms with Gasteiger partial charge in [-0.15, -0.1) is 0 Å². The molecule has 1 fully saturated rings. The van der Waals surface area contributed by atoms with Gasteiger partial charge in [0.05, 0.1) is 24.1 Å². The van der Waals surface area contributed by atoms with E-state index in [-0.39, 0.29) is 24.2 Å². The molecule has 1 aliphatic rings. The molecule has 1 saturated heterocycles. The summed E-state index contributed by atoms with van der Waals surface area (Å²) in [7, 11) is 0. The van der Waals surface area contributed by atoms with Gasteiger partial charge in [0, 0.05) is 25.5 Å². The summed E-state index contributed by atoms with van der Waals surface area (Å²) in [5, 5.41) is 6.96. The average Bonchev–Trinajstić information content (AvgIpc) is 3.08. The fraction of sp³-hybridized carbons (Fsp3) is 0.471. The number of amides is 1. The van der Waals surface area contributed by atoms with E-state index in [0.717, 1.165) is 18.9 Å². The summed E-state index contributed by atoms with van der Waals surface area (Å²) in [5.74, 6) is 0.775. The van der Waals surface area contributed by atoms with Gasteiger partial charge in [-0.05, 0) is 39.0 Å². The Morgan fingerprint density at radius 3 is 2.67 bits per heavy atom. The molecule has 3 atom stereocenters. The van der Waals surface area contributed by atoms with Crippen LogP contribution in [0.1, 0.15) is 26.8 Å². The maximum absolute atomic E-state index is 12.3. The molecule has 3 rings (SSSR count). The number of hydrogen-bond acceptors (Lipinski definition) is 5. The van der Waals surface area contributed by atoms with Crippen molar-refractivity contribution >= 4 is 17.4 Å². The Morgan fingerprint density at radius 2 is 2.08 bits per heavy atom. The first-order valence-electron chi connectivity index (χ1n) is 8.19. The van der Waals surface area contributed by atoms with Crippen LogP contribution in [0.25, 0.3) is 0 Å². The highest BCUT2D eigenvalue weighted by molar-refractivity contribution is 5.93. The van der Waals surface area contributed by atoms with Crippen molar-refractivity contribution < 1.29 is 9.53 Å². The van der Waals surface area contributed by atoms with Crippen molar-refractivity contribution in [3.05, 3.63) is 36.8 Å². The number of nitrogens with one attached hydrogen (secondary N) is 1. The number of anilines is 2. The summed E-state index contributed by atoms with van der Waals surface area (Å²) in [6, 6.07) is 5.23. The maximum atomic E-state index is 12.3. The van der Waals surface area contributed by atoms with Crippen LogP contribution in [0.2, 0.25) is 0 Å². The molecule has 2 aromatic heterocycles. The minimum Gasteiger partial charge on any atom is -0.372 e. The highest BCUT2D eigenvalue weighted by Gasteiger charge is 2.23. The van der Waals surface area contributed by atoms with Crippen LogP contribution in [-0.4, -0.2) is 46.0 Å². The number of pyridine rings is 1. The highest BCUT2D eigenvalue weighted by Crippen LogP contribution is 2.20. The molecule has 1 amide bonds. The monoisotopic (exact) mass is 329 g/mol. The van der Waals surface area contributed by atoms with Gasteiger partial charge in [0.25, 0.3) is 0 Å². The molecule has 0 unspecified atom stereocenters. The summed E-state index contributed by atoms with van der Waals surface area (Å²) in [6.07, 6.45) is 5.49. The van der Waals surface area contributed by atoms with Crippen LogP contribution in [0.5, 0.6) is 0 Å². The molecule has 7 heteroatoms. The number of rotatable bonds is 4. The van der Waals surface area contributed by atoms with Gasteiger partial charge < -0.3 is 15.0 Å². The molecular formula is C17H23N5O2. The first-order valence-corrected chi connectivity index (χ1v) is 8.19. The zero-order valence-electron chi connectivity index (χ0n) is 14.2. The van der Waals surface area contributed by atoms with Crippen LogP contribution in [0.4, 0.5) is 11.5 Å². The van der Waals surface area contributed by atoms with E-state index in [1.807, 2.05) is 12.1 Å². The normalized spacial score (nSPS) is 22.2. The summed E-state index contributed by atoms with van der Waals surface area (Å²) in [6.45, 7) is 7.57. The molecule has 0 bridgehead atoms. The lowest BCUT2D eigenvalue weighted by Crippen LogP contribution is -2.45. The highest BCUT2D eigenvalue weighted by atomic mass is 16.5. The second-order valence-corrected chi connectivity index (χ2v) is 6.22. The van der Waals surface area contributed by atoms with Crippen molar-refractivity contribution in [3.63, 3.8) is 0 Å². The summed E-state index contributed by atoms with van der Waals surface area (Å²) in [5.41, 5.74) is 0.678. The maximum Gasteiger partial charge on any atom is 0.248 e. The molecule has 24 heavy (non-hydrogen) atoms. The van der Waals surface area contributed by atoms with Crippen molar-refractivity contribution in [1.82, 2.24) is 14.8 Å². The van der Waals surface area contributed by atoms with E-state index < -0.39 is 0 Å². The molecule has 0 radical (unpaired) electrons. The van der Waals surface area contributed by atoms with Gasteiger partial charge in [-0.3, -0.25) is 9.48 Å². The number of ether oxygens (including phenoxy) is 1. The minimum atomic E-state index is -0.374. The van der Waals surface area contributed by atoms with Crippen LogP contribution in [0.15, 0.2) is 36.8 Å². The van der Waals surface area contributed by atoms with Gasteiger partial charge in [0.15, 0.2) is 0 Å². The molecule has 0 saturated carbocycles. The van der Waals surface area contributed by atoms with Crippen LogP contribution in [-0.2, 0) is 9.53 Å². The minimum absolute atomic E-state index is 0.123. The second kappa shape index (κ2) is 7.00. The lowest BCUT2D eigenvalue weighted by Gasteiger charge is -2.36. The Morgan fingerprint density at radius 1 is 1.33 bits per heavy atom. The Labute approximate surface area is 141 Å². The third-order valence-electron chi connectivity index (χ3n) is 4.06. The fourth-order valence-corrected chi connectivity index (χ4v) is 2.89. The van der Waals surface area contributed by atoms with Crippen molar-refractivity contribution in [2.24, 2.45) is 0 Å². The SMILES string of the molecule is C[C@@H]1CN(c2ccc(NC(=O)[C@@H](C)n3cccn3)cn2)C[C@@H](C)O1. The number of carbonyl (C=O) groups excluding carboxylic acids is 1. The van der Waals surface area contributed by atoms with E-state index in [1.165, 1.54) is 0 Å². The third-order valence-corrected chi connectivity index (χ3v) is 4.06. The zero-order chi connectivity index (χ0) is 17.1. The van der Waals surface area contributed by atoms with Crippen molar-refractivity contribution in [1.29, 1.82) is 0 Å². The molecule has 7 nitrogen and oxygen atoms in total. The number of carbonyl (C=O) groups is 1. The predicted octanol–water partition coefficient (Wildman–Crippen LogP) is 2.09. The number of morpholine rings is 1. The number of nitrogens with zero attached hydrogens (tertiary/aromatic N) is 4. The Kier molecular flexibility index (Phi) is 4.80. The largest absolute Gasteiger partial charge is 0.372 e. The van der Waals surface area contributed by atoms with E-state index in [4.69, 9.17) is 4.74 Å². The third kappa shape index (κ3) is 3.73. The zero-order valence-corrected chi connectivity index (χ0v) is 14.2. The van der Waals surface area contributed by atoms with E-state index in [2.05, 4.69) is 34.1 Å². The smallest absolute Gasteiger partial charge is 0.248 e. The summed E-state index contributed by atoms with van der Waals surface area (Å²) >= 11 is 0. The molecule has 2 aromatic rings. The van der Waals surface area contributed by atoms with Gasteiger partial charge in [-0.1, -0.05) is 0 Å². The first-order chi connectivity index (χ1) is 11.5. The van der Waals surface area contributed by atoms with Gasteiger partial charge in [-0.25, -0.2) is 4.98 Å². The molecule has 128 valence electrons. The van der Waals surface area contributed by atoms with E-state index in [0.29, 0.717) is 5.69 Å². The molecule has 0 spiro atoms. The Balaban J connectivity index is 1.63. The van der Waals surface area contributed by atoms with Crippen LogP contribution >= 0.6 is 0 Å². The summed E-state index contributed by atoms with van der Waals surface area (Å²) in [4.78, 5) is 18.9. The second-order valence-electron chi connectivity index (χ2n) is 6.22. The Bertz CT molecular complexity index is 661. The predicted molar refractivity (Wildman–Crippen MR) is 92.0 cm³/mol. The van der Waals surface area contributed by atoms with Gasteiger partial charge in [0.1, 0.15) is 11.9 Å². The average molecular weight is 329 g/mol. The van der Waals surface area contributed by atoms with Crippen LogP contribution < -0.4 is 10.2 Å². The van der Waals surface area contributed by atoms with Gasteiger partial charge in [0.2, 0.25) is 5.91 Å². The van der Waals surface area contributed by atoms with Gasteiger partial charge in [-0.2, -0.15) is 5.10 Å². The van der Waals surface area contributed by atoms with Crippen molar-refractivity contribution in [2.45, 2.75) is 39.0 Å². The van der Waals surface area contributed by atoms with E-state index in [9.17, 15) is 4.79 Å². The summed E-state index contributed by atoms with van der Waals surface area (Å²) < 4.78 is 7.36. The Hall–Kier alpha value is -2.41. The van der Waals surface area contributed by atoms with Crippen molar-refractivity contribution in [2.75, 3.05) is 23.3 Å². The molecule has 0 aliphatic carbocycles. The van der Waals surface area contributed by atoms with Gasteiger partial charge >= 0.3 is 0 Å². The topological polar surface area (TPSA) is 72.3 Å². The lowest BCUT2D eigenvalue weighted by atomic mass is 10.2. The molecule has 0 aromatic carbocycles. The molecular weight excluding hydrogens is 306 g/mol. The van der Waals surface area contributed by atoms with E-state index >= 15 is 0 Å². The standard InChI is InChI=1S/C17H23N5O2/c1-12-10-21(11-13(2)24-12)16-6-5-15(9-18-16)20-17(23)14(3)22-8-4-7-19-22/h4-9,12-14H,10-11H2,1-3H3,(H,20,23)/t12-,13-,14-/m1/s1. The number of hydrogen-bond donors (Lipinski definition) is 1. The quantitative estimate of drug-likeness (QED) is 0.930. The van der Waals surface area contributed by atoms with E-state index in [1.54, 1.807) is 36.3 Å². The molecule has 1 aliphatic heterocycles. The van der Waals surface area contributed by atoms with Crippen LogP contribution in [0.3, 0.4) is 0 Å². The molecule has 1 N–H and O–H groups in total. The molecule has 3 heterocycles. The fourth-order valence-electron chi connectivity index (χ4n) is 2.89. The lowest BCUT2D eigenvalue weighted by molar-refractivity contribution is -0.119. The number of aromatic nitrogens is 3.